The van der Waals surface area contributed by atoms with Crippen LogP contribution in [0.3, 0.4) is 0 Å². The molecule has 0 aliphatic heterocycles. The first-order chi connectivity index (χ1) is 9.90. The second-order valence-corrected chi connectivity index (χ2v) is 5.98. The summed E-state index contributed by atoms with van der Waals surface area (Å²) in [5.41, 5.74) is -0.822. The number of nitro groups is 1. The van der Waals surface area contributed by atoms with Gasteiger partial charge in [0.15, 0.2) is 11.6 Å². The van der Waals surface area contributed by atoms with E-state index in [1.807, 2.05) is 0 Å². The highest BCUT2D eigenvalue weighted by Crippen LogP contribution is 2.34. The van der Waals surface area contributed by atoms with E-state index in [2.05, 4.69) is 19.2 Å². The predicted octanol–water partition coefficient (Wildman–Crippen LogP) is 4.50. The van der Waals surface area contributed by atoms with Crippen LogP contribution < -0.4 is 5.32 Å². The van der Waals surface area contributed by atoms with Gasteiger partial charge in [-0.15, -0.1) is 0 Å². The lowest BCUT2D eigenvalue weighted by molar-refractivity contribution is -0.385. The van der Waals surface area contributed by atoms with E-state index in [1.165, 1.54) is 0 Å². The molecule has 2 rings (SSSR count). The van der Waals surface area contributed by atoms with Crippen LogP contribution in [-0.2, 0) is 0 Å². The van der Waals surface area contributed by atoms with E-state index in [-0.39, 0.29) is 11.7 Å². The first kappa shape index (κ1) is 15.7. The Balaban J connectivity index is 2.24. The monoisotopic (exact) mass is 298 g/mol. The van der Waals surface area contributed by atoms with Gasteiger partial charge in [0.2, 0.25) is 0 Å². The molecule has 116 valence electrons. The van der Waals surface area contributed by atoms with Crippen molar-refractivity contribution in [1.82, 2.24) is 0 Å². The summed E-state index contributed by atoms with van der Waals surface area (Å²) in [5.74, 6) is -1.04. The topological polar surface area (TPSA) is 55.2 Å². The number of nitrogens with zero attached hydrogens (tertiary/aromatic N) is 1. The highest BCUT2D eigenvalue weighted by molar-refractivity contribution is 5.52. The maximum absolute atomic E-state index is 13.9. The van der Waals surface area contributed by atoms with Crippen molar-refractivity contribution in [3.8, 4) is 0 Å². The number of benzene rings is 1. The molecule has 0 aromatic heterocycles. The molecule has 0 amide bonds. The second-order valence-electron chi connectivity index (χ2n) is 5.98. The lowest BCUT2D eigenvalue weighted by Crippen LogP contribution is -2.35. The minimum absolute atomic E-state index is 0.00389. The van der Waals surface area contributed by atoms with Gasteiger partial charge in [-0.3, -0.25) is 10.1 Å². The van der Waals surface area contributed by atoms with Crippen LogP contribution in [0.25, 0.3) is 0 Å². The third kappa shape index (κ3) is 3.49. The molecule has 0 heterocycles. The van der Waals surface area contributed by atoms with Crippen molar-refractivity contribution in [2.75, 3.05) is 5.32 Å². The van der Waals surface area contributed by atoms with Gasteiger partial charge >= 0.3 is 0 Å². The fraction of sp³-hybridized carbons (Fsp3) is 0.600. The Bertz CT molecular complexity index is 511. The molecule has 2 atom stereocenters. The van der Waals surface area contributed by atoms with Gasteiger partial charge in [0, 0.05) is 6.04 Å². The molecule has 0 spiro atoms. The number of hydrogen-bond donors (Lipinski definition) is 1. The molecule has 0 radical (unpaired) electrons. The summed E-state index contributed by atoms with van der Waals surface area (Å²) in [4.78, 5) is 9.80. The summed E-state index contributed by atoms with van der Waals surface area (Å²) in [6, 6.07) is 1.53. The quantitative estimate of drug-likeness (QED) is 0.657. The normalized spacial score (nSPS) is 22.3. The molecule has 0 bridgehead atoms. The number of hydrogen-bond acceptors (Lipinski definition) is 3. The van der Waals surface area contributed by atoms with Gasteiger partial charge in [-0.05, 0) is 24.7 Å². The molecular weight excluding hydrogens is 278 g/mol. The first-order valence-corrected chi connectivity index (χ1v) is 7.30. The number of nitrogens with one attached hydrogen (secondary N) is 1. The maximum Gasteiger partial charge on any atom is 0.275 e. The molecule has 6 heteroatoms. The molecule has 21 heavy (non-hydrogen) atoms. The Labute approximate surface area is 122 Å². The molecular formula is C15H20F2N2O2. The average Bonchev–Trinajstić information content (AvgIpc) is 2.42. The Hall–Kier alpha value is -1.72. The number of non-ortho nitro benzene ring substituents is 1. The van der Waals surface area contributed by atoms with Crippen LogP contribution in [0.5, 0.6) is 0 Å². The van der Waals surface area contributed by atoms with Crippen molar-refractivity contribution >= 4 is 11.4 Å². The summed E-state index contributed by atoms with van der Waals surface area (Å²) in [5, 5.41) is 13.5. The molecule has 1 aromatic carbocycles. The smallest absolute Gasteiger partial charge is 0.275 e. The van der Waals surface area contributed by atoms with Crippen LogP contribution in [0, 0.1) is 33.6 Å². The van der Waals surface area contributed by atoms with E-state index >= 15 is 0 Å². The van der Waals surface area contributed by atoms with E-state index in [4.69, 9.17) is 0 Å². The minimum Gasteiger partial charge on any atom is -0.377 e. The van der Waals surface area contributed by atoms with Crippen LogP contribution in [0.4, 0.5) is 20.2 Å². The predicted molar refractivity (Wildman–Crippen MR) is 77.2 cm³/mol. The van der Waals surface area contributed by atoms with Crippen molar-refractivity contribution in [2.24, 2.45) is 11.8 Å². The van der Waals surface area contributed by atoms with Crippen molar-refractivity contribution in [3.05, 3.63) is 33.9 Å². The van der Waals surface area contributed by atoms with E-state index < -0.39 is 22.2 Å². The summed E-state index contributed by atoms with van der Waals surface area (Å²) >= 11 is 0. The molecule has 2 unspecified atom stereocenters. The van der Waals surface area contributed by atoms with Crippen LogP contribution >= 0.6 is 0 Å². The van der Waals surface area contributed by atoms with E-state index in [1.54, 1.807) is 0 Å². The van der Waals surface area contributed by atoms with Crippen molar-refractivity contribution in [3.63, 3.8) is 0 Å². The van der Waals surface area contributed by atoms with Gasteiger partial charge in [-0.25, -0.2) is 8.78 Å². The first-order valence-electron chi connectivity index (χ1n) is 7.30. The fourth-order valence-corrected chi connectivity index (χ4v) is 3.13. The average molecular weight is 298 g/mol. The maximum atomic E-state index is 13.9. The minimum atomic E-state index is -0.908. The van der Waals surface area contributed by atoms with E-state index in [0.29, 0.717) is 11.8 Å². The summed E-state index contributed by atoms with van der Waals surface area (Å²) in [6.07, 6.45) is 4.05. The number of nitro benzene ring substituents is 1. The van der Waals surface area contributed by atoms with E-state index in [0.717, 1.165) is 37.8 Å². The van der Waals surface area contributed by atoms with Crippen LogP contribution in [0.2, 0.25) is 0 Å². The molecule has 1 aliphatic carbocycles. The zero-order valence-electron chi connectivity index (χ0n) is 12.2. The van der Waals surface area contributed by atoms with Gasteiger partial charge in [-0.1, -0.05) is 26.7 Å². The molecule has 1 saturated carbocycles. The highest BCUT2D eigenvalue weighted by Gasteiger charge is 2.29. The lowest BCUT2D eigenvalue weighted by Gasteiger charge is -2.35. The Morgan fingerprint density at radius 3 is 2.33 bits per heavy atom. The van der Waals surface area contributed by atoms with Crippen molar-refractivity contribution in [1.29, 1.82) is 0 Å². The largest absolute Gasteiger partial charge is 0.377 e. The van der Waals surface area contributed by atoms with Crippen molar-refractivity contribution in [2.45, 2.75) is 45.6 Å². The lowest BCUT2D eigenvalue weighted by atomic mass is 9.78. The summed E-state index contributed by atoms with van der Waals surface area (Å²) < 4.78 is 27.9. The van der Waals surface area contributed by atoms with Gasteiger partial charge in [0.05, 0.1) is 17.1 Å². The molecule has 1 fully saturated rings. The number of halogens is 2. The molecule has 1 aliphatic rings. The number of rotatable bonds is 4. The van der Waals surface area contributed by atoms with Crippen molar-refractivity contribution < 1.29 is 13.7 Å². The Kier molecular flexibility index (Phi) is 4.75. The Morgan fingerprint density at radius 1 is 1.24 bits per heavy atom. The van der Waals surface area contributed by atoms with Crippen LogP contribution in [0.15, 0.2) is 12.1 Å². The third-order valence-corrected chi connectivity index (χ3v) is 4.24. The third-order valence-electron chi connectivity index (χ3n) is 4.24. The SMILES string of the molecule is CC(C)C1CCCCC1Nc1c(F)cc([N+](=O)[O-])cc1F. The standard InChI is InChI=1S/C15H20F2N2O2/c1-9(2)11-5-3-4-6-14(11)18-15-12(16)7-10(19(20)21)8-13(15)17/h7-9,11,14,18H,3-6H2,1-2H3. The van der Waals surface area contributed by atoms with Gasteiger partial charge < -0.3 is 5.32 Å². The summed E-state index contributed by atoms with van der Waals surface area (Å²) in [7, 11) is 0. The zero-order valence-corrected chi connectivity index (χ0v) is 12.2. The summed E-state index contributed by atoms with van der Waals surface area (Å²) in [6.45, 7) is 4.21. The molecule has 4 nitrogen and oxygen atoms in total. The van der Waals surface area contributed by atoms with Crippen LogP contribution in [-0.4, -0.2) is 11.0 Å². The van der Waals surface area contributed by atoms with Gasteiger partial charge in [-0.2, -0.15) is 0 Å². The van der Waals surface area contributed by atoms with E-state index in [9.17, 15) is 18.9 Å². The van der Waals surface area contributed by atoms with Crippen LogP contribution in [0.1, 0.15) is 39.5 Å². The number of anilines is 1. The molecule has 1 aromatic rings. The second kappa shape index (κ2) is 6.37. The zero-order chi connectivity index (χ0) is 15.6. The highest BCUT2D eigenvalue weighted by atomic mass is 19.1. The Morgan fingerprint density at radius 2 is 1.81 bits per heavy atom. The van der Waals surface area contributed by atoms with Gasteiger partial charge in [0.25, 0.3) is 5.69 Å². The molecule has 0 saturated heterocycles. The van der Waals surface area contributed by atoms with Gasteiger partial charge in [0.1, 0.15) is 5.69 Å². The molecule has 1 N–H and O–H groups in total. The fourth-order valence-electron chi connectivity index (χ4n) is 3.13.